The van der Waals surface area contributed by atoms with Gasteiger partial charge in [0.2, 0.25) is 0 Å². The van der Waals surface area contributed by atoms with Gasteiger partial charge in [-0.25, -0.2) is 0 Å². The van der Waals surface area contributed by atoms with E-state index in [1.54, 1.807) is 0 Å². The number of rotatable bonds is 6. The molecule has 1 N–H and O–H groups in total. The maximum atomic E-state index is 11.7. The van der Waals surface area contributed by atoms with Gasteiger partial charge in [-0.15, -0.1) is 0 Å². The zero-order valence-electron chi connectivity index (χ0n) is 9.91. The number of Topliss-reactive ketones (excluding diaryl/α,β-unsaturated/α-hetero) is 1. The Hall–Kier alpha value is -0.410. The van der Waals surface area contributed by atoms with Gasteiger partial charge in [-0.3, -0.25) is 9.69 Å². The van der Waals surface area contributed by atoms with E-state index in [0.29, 0.717) is 19.1 Å². The molecule has 3 heteroatoms. The Labute approximate surface area is 92.5 Å². The molecule has 0 unspecified atom stereocenters. The van der Waals surface area contributed by atoms with E-state index in [4.69, 9.17) is 5.11 Å². The molecule has 0 spiro atoms. The summed E-state index contributed by atoms with van der Waals surface area (Å²) in [5.41, 5.74) is 0. The summed E-state index contributed by atoms with van der Waals surface area (Å²) in [5.74, 6) is 0.392. The number of aliphatic hydroxyl groups excluding tert-OH is 1. The van der Waals surface area contributed by atoms with E-state index < -0.39 is 0 Å². The minimum Gasteiger partial charge on any atom is -0.395 e. The van der Waals surface area contributed by atoms with E-state index in [1.165, 1.54) is 25.7 Å². The lowest BCUT2D eigenvalue weighted by Gasteiger charge is -2.27. The highest BCUT2D eigenvalue weighted by molar-refractivity contribution is 5.82. The molecule has 1 rings (SSSR count). The summed E-state index contributed by atoms with van der Waals surface area (Å²) in [6, 6.07) is 0.528. The maximum absolute atomic E-state index is 11.7. The lowest BCUT2D eigenvalue weighted by molar-refractivity contribution is -0.123. The Kier molecular flexibility index (Phi) is 5.26. The van der Waals surface area contributed by atoms with Crippen molar-refractivity contribution in [3.8, 4) is 0 Å². The van der Waals surface area contributed by atoms with Gasteiger partial charge in [0, 0.05) is 18.5 Å². The van der Waals surface area contributed by atoms with Gasteiger partial charge in [0.25, 0.3) is 0 Å². The van der Waals surface area contributed by atoms with Crippen molar-refractivity contribution in [3.05, 3.63) is 0 Å². The number of carbonyl (C=O) groups excluding carboxylic acids is 1. The van der Waals surface area contributed by atoms with Gasteiger partial charge in [-0.05, 0) is 12.8 Å². The van der Waals surface area contributed by atoms with Gasteiger partial charge in [0.15, 0.2) is 0 Å². The first-order valence-corrected chi connectivity index (χ1v) is 6.02. The smallest absolute Gasteiger partial charge is 0.149 e. The first-order valence-electron chi connectivity index (χ1n) is 6.02. The Morgan fingerprint density at radius 1 is 1.40 bits per heavy atom. The maximum Gasteiger partial charge on any atom is 0.149 e. The lowest BCUT2D eigenvalue weighted by Crippen LogP contribution is -2.40. The Balaban J connectivity index is 2.45. The Morgan fingerprint density at radius 3 is 2.47 bits per heavy atom. The molecule has 0 bridgehead atoms. The van der Waals surface area contributed by atoms with E-state index in [1.807, 2.05) is 13.8 Å². The van der Waals surface area contributed by atoms with Crippen LogP contribution in [-0.4, -0.2) is 41.5 Å². The largest absolute Gasteiger partial charge is 0.395 e. The van der Waals surface area contributed by atoms with Gasteiger partial charge in [-0.1, -0.05) is 26.7 Å². The number of nitrogens with zero attached hydrogens (tertiary/aromatic N) is 1. The van der Waals surface area contributed by atoms with Gasteiger partial charge < -0.3 is 5.11 Å². The number of aliphatic hydroxyl groups is 1. The molecule has 0 heterocycles. The van der Waals surface area contributed by atoms with Gasteiger partial charge in [0.05, 0.1) is 13.2 Å². The topological polar surface area (TPSA) is 40.5 Å². The van der Waals surface area contributed by atoms with Crippen molar-refractivity contribution in [2.45, 2.75) is 45.6 Å². The zero-order chi connectivity index (χ0) is 11.3. The van der Waals surface area contributed by atoms with Crippen molar-refractivity contribution in [1.29, 1.82) is 0 Å². The van der Waals surface area contributed by atoms with Crippen molar-refractivity contribution in [1.82, 2.24) is 4.90 Å². The third kappa shape index (κ3) is 3.92. The van der Waals surface area contributed by atoms with Crippen LogP contribution < -0.4 is 0 Å². The first kappa shape index (κ1) is 12.7. The molecular weight excluding hydrogens is 190 g/mol. The monoisotopic (exact) mass is 213 g/mol. The average Bonchev–Trinajstić information content (AvgIpc) is 2.69. The summed E-state index contributed by atoms with van der Waals surface area (Å²) in [4.78, 5) is 13.8. The molecule has 0 aromatic heterocycles. The molecule has 0 atom stereocenters. The van der Waals surface area contributed by atoms with Crippen LogP contribution in [0.1, 0.15) is 39.5 Å². The van der Waals surface area contributed by atoms with Crippen LogP contribution in [0.25, 0.3) is 0 Å². The highest BCUT2D eigenvalue weighted by Crippen LogP contribution is 2.23. The average molecular weight is 213 g/mol. The summed E-state index contributed by atoms with van der Waals surface area (Å²) in [5, 5.41) is 9.00. The molecule has 15 heavy (non-hydrogen) atoms. The normalized spacial score (nSPS) is 17.9. The third-order valence-corrected chi connectivity index (χ3v) is 3.23. The predicted octanol–water partition coefficient (Wildman–Crippen LogP) is 1.45. The molecule has 0 radical (unpaired) electrons. The van der Waals surface area contributed by atoms with Crippen LogP contribution in [0, 0.1) is 5.92 Å². The first-order chi connectivity index (χ1) is 7.15. The van der Waals surface area contributed by atoms with E-state index in [-0.39, 0.29) is 18.3 Å². The second-order valence-electron chi connectivity index (χ2n) is 4.75. The minimum absolute atomic E-state index is 0.104. The molecule has 88 valence electrons. The molecule has 1 saturated carbocycles. The van der Waals surface area contributed by atoms with Gasteiger partial charge in [-0.2, -0.15) is 0 Å². The number of hydrogen-bond donors (Lipinski definition) is 1. The van der Waals surface area contributed by atoms with Crippen molar-refractivity contribution in [3.63, 3.8) is 0 Å². The van der Waals surface area contributed by atoms with Gasteiger partial charge >= 0.3 is 0 Å². The number of carbonyl (C=O) groups is 1. The molecule has 1 aliphatic rings. The van der Waals surface area contributed by atoms with Crippen LogP contribution in [0.3, 0.4) is 0 Å². The highest BCUT2D eigenvalue weighted by atomic mass is 16.3. The quantitative estimate of drug-likeness (QED) is 0.726. The zero-order valence-corrected chi connectivity index (χ0v) is 9.91. The van der Waals surface area contributed by atoms with Gasteiger partial charge in [0.1, 0.15) is 5.78 Å². The van der Waals surface area contributed by atoms with Crippen molar-refractivity contribution >= 4 is 5.78 Å². The summed E-state index contributed by atoms with van der Waals surface area (Å²) in [7, 11) is 0. The molecule has 0 aromatic rings. The lowest BCUT2D eigenvalue weighted by atomic mass is 10.1. The van der Waals surface area contributed by atoms with Crippen LogP contribution in [0.5, 0.6) is 0 Å². The molecule has 0 amide bonds. The fraction of sp³-hybridized carbons (Fsp3) is 0.917. The second-order valence-corrected chi connectivity index (χ2v) is 4.75. The minimum atomic E-state index is 0.104. The number of hydrogen-bond acceptors (Lipinski definition) is 3. The SMILES string of the molecule is CC(C)C(=O)CN(CCO)C1CCCC1. The Bertz CT molecular complexity index is 198. The van der Waals surface area contributed by atoms with Crippen molar-refractivity contribution in [2.75, 3.05) is 19.7 Å². The molecule has 1 aliphatic carbocycles. The Morgan fingerprint density at radius 2 is 2.00 bits per heavy atom. The van der Waals surface area contributed by atoms with Crippen LogP contribution in [0.2, 0.25) is 0 Å². The van der Waals surface area contributed by atoms with Crippen LogP contribution in [-0.2, 0) is 4.79 Å². The summed E-state index contributed by atoms with van der Waals surface area (Å²) in [6.07, 6.45) is 4.90. The van der Waals surface area contributed by atoms with E-state index in [9.17, 15) is 4.79 Å². The highest BCUT2D eigenvalue weighted by Gasteiger charge is 2.24. The molecule has 3 nitrogen and oxygen atoms in total. The number of ketones is 1. The van der Waals surface area contributed by atoms with E-state index in [0.717, 1.165) is 0 Å². The van der Waals surface area contributed by atoms with Crippen molar-refractivity contribution in [2.24, 2.45) is 5.92 Å². The molecule has 0 aromatic carbocycles. The van der Waals surface area contributed by atoms with Crippen LogP contribution in [0.15, 0.2) is 0 Å². The van der Waals surface area contributed by atoms with Crippen LogP contribution in [0.4, 0.5) is 0 Å². The molecule has 0 aliphatic heterocycles. The summed E-state index contributed by atoms with van der Waals surface area (Å²) >= 11 is 0. The summed E-state index contributed by atoms with van der Waals surface area (Å²) in [6.45, 7) is 5.19. The van der Waals surface area contributed by atoms with Crippen molar-refractivity contribution < 1.29 is 9.90 Å². The van der Waals surface area contributed by atoms with E-state index >= 15 is 0 Å². The molecular formula is C12H23NO2. The molecule has 1 fully saturated rings. The van der Waals surface area contributed by atoms with Crippen LogP contribution >= 0.6 is 0 Å². The predicted molar refractivity (Wildman–Crippen MR) is 60.8 cm³/mol. The van der Waals surface area contributed by atoms with E-state index in [2.05, 4.69) is 4.90 Å². The second kappa shape index (κ2) is 6.23. The summed E-state index contributed by atoms with van der Waals surface area (Å²) < 4.78 is 0. The third-order valence-electron chi connectivity index (χ3n) is 3.23. The fourth-order valence-corrected chi connectivity index (χ4v) is 2.17. The molecule has 0 saturated heterocycles. The standard InChI is InChI=1S/C12H23NO2/c1-10(2)12(15)9-13(7-8-14)11-5-3-4-6-11/h10-11,14H,3-9H2,1-2H3. The fourth-order valence-electron chi connectivity index (χ4n) is 2.17.